The van der Waals surface area contributed by atoms with Crippen molar-refractivity contribution in [3.05, 3.63) is 83.4 Å². The molecule has 3 rings (SSSR count). The fourth-order valence-corrected chi connectivity index (χ4v) is 2.57. The highest BCUT2D eigenvalue weighted by atomic mass is 19.1. The van der Waals surface area contributed by atoms with E-state index in [2.05, 4.69) is 10.5 Å². The number of amides is 1. The SMILES string of the molecule is COc1ccc(-n2c(C)ccc2/C=N/NC(=O)c2ccc(F)cc2)cc1. The molecule has 6 heteroatoms. The molecule has 0 saturated heterocycles. The molecule has 2 aromatic carbocycles. The van der Waals surface area contributed by atoms with Gasteiger partial charge in [-0.05, 0) is 67.6 Å². The average Bonchev–Trinajstić information content (AvgIpc) is 3.03. The smallest absolute Gasteiger partial charge is 0.271 e. The molecule has 3 aromatic rings. The van der Waals surface area contributed by atoms with Gasteiger partial charge in [-0.1, -0.05) is 0 Å². The van der Waals surface area contributed by atoms with Crippen LogP contribution >= 0.6 is 0 Å². The Morgan fingerprint density at radius 1 is 1.08 bits per heavy atom. The number of hydrogen-bond acceptors (Lipinski definition) is 3. The predicted octanol–water partition coefficient (Wildman–Crippen LogP) is 3.70. The van der Waals surface area contributed by atoms with E-state index in [0.717, 1.165) is 22.8 Å². The van der Waals surface area contributed by atoms with Crippen LogP contribution < -0.4 is 10.2 Å². The summed E-state index contributed by atoms with van der Waals surface area (Å²) in [5.74, 6) is -0.0151. The van der Waals surface area contributed by atoms with E-state index in [4.69, 9.17) is 4.74 Å². The van der Waals surface area contributed by atoms with Crippen LogP contribution in [0.3, 0.4) is 0 Å². The van der Waals surface area contributed by atoms with Crippen molar-refractivity contribution in [2.75, 3.05) is 7.11 Å². The van der Waals surface area contributed by atoms with E-state index in [1.165, 1.54) is 24.3 Å². The summed E-state index contributed by atoms with van der Waals surface area (Å²) in [5, 5.41) is 4.01. The number of rotatable bonds is 5. The van der Waals surface area contributed by atoms with Crippen LogP contribution in [0.5, 0.6) is 5.75 Å². The second-order valence-corrected chi connectivity index (χ2v) is 5.64. The van der Waals surface area contributed by atoms with Crippen LogP contribution in [0.2, 0.25) is 0 Å². The van der Waals surface area contributed by atoms with E-state index in [1.54, 1.807) is 13.3 Å². The Morgan fingerprint density at radius 2 is 1.77 bits per heavy atom. The molecule has 0 spiro atoms. The van der Waals surface area contributed by atoms with Gasteiger partial charge in [0.15, 0.2) is 0 Å². The maximum Gasteiger partial charge on any atom is 0.271 e. The van der Waals surface area contributed by atoms with Gasteiger partial charge in [0.05, 0.1) is 19.0 Å². The molecule has 0 unspecified atom stereocenters. The van der Waals surface area contributed by atoms with Gasteiger partial charge in [0.25, 0.3) is 5.91 Å². The molecule has 5 nitrogen and oxygen atoms in total. The van der Waals surface area contributed by atoms with Gasteiger partial charge < -0.3 is 9.30 Å². The average molecular weight is 351 g/mol. The van der Waals surface area contributed by atoms with Gasteiger partial charge in [-0.15, -0.1) is 0 Å². The number of nitrogens with zero attached hydrogens (tertiary/aromatic N) is 2. The van der Waals surface area contributed by atoms with E-state index in [-0.39, 0.29) is 0 Å². The summed E-state index contributed by atoms with van der Waals surface area (Å²) in [6.07, 6.45) is 1.57. The molecule has 0 aliphatic carbocycles. The highest BCUT2D eigenvalue weighted by Gasteiger charge is 2.07. The van der Waals surface area contributed by atoms with Crippen LogP contribution in [0.25, 0.3) is 5.69 Å². The van der Waals surface area contributed by atoms with Crippen molar-refractivity contribution in [2.45, 2.75) is 6.92 Å². The zero-order chi connectivity index (χ0) is 18.5. The van der Waals surface area contributed by atoms with Crippen molar-refractivity contribution in [1.82, 2.24) is 9.99 Å². The van der Waals surface area contributed by atoms with E-state index >= 15 is 0 Å². The first-order valence-corrected chi connectivity index (χ1v) is 8.00. The summed E-state index contributed by atoms with van der Waals surface area (Å²) in [5.41, 5.74) is 5.59. The largest absolute Gasteiger partial charge is 0.497 e. The number of carbonyl (C=O) groups excluding carboxylic acids is 1. The van der Waals surface area contributed by atoms with Gasteiger partial charge in [0.1, 0.15) is 11.6 Å². The third kappa shape index (κ3) is 3.80. The molecule has 0 saturated carbocycles. The molecule has 0 radical (unpaired) electrons. The first-order valence-electron chi connectivity index (χ1n) is 8.00. The molecule has 1 N–H and O–H groups in total. The molecule has 0 aliphatic rings. The molecule has 1 amide bonds. The Balaban J connectivity index is 1.76. The number of aromatic nitrogens is 1. The third-order valence-corrected chi connectivity index (χ3v) is 3.91. The predicted molar refractivity (Wildman–Crippen MR) is 98.5 cm³/mol. The first-order chi connectivity index (χ1) is 12.6. The quantitative estimate of drug-likeness (QED) is 0.563. The van der Waals surface area contributed by atoms with Crippen molar-refractivity contribution < 1.29 is 13.9 Å². The maximum absolute atomic E-state index is 12.9. The monoisotopic (exact) mass is 351 g/mol. The van der Waals surface area contributed by atoms with Gasteiger partial charge >= 0.3 is 0 Å². The van der Waals surface area contributed by atoms with Gasteiger partial charge in [-0.3, -0.25) is 4.79 Å². The van der Waals surface area contributed by atoms with Crippen molar-refractivity contribution in [3.8, 4) is 11.4 Å². The fraction of sp³-hybridized carbons (Fsp3) is 0.100. The Bertz CT molecular complexity index is 929. The van der Waals surface area contributed by atoms with E-state index in [1.807, 2.05) is 47.9 Å². The van der Waals surface area contributed by atoms with Crippen molar-refractivity contribution >= 4 is 12.1 Å². The lowest BCUT2D eigenvalue weighted by atomic mass is 10.2. The second-order valence-electron chi connectivity index (χ2n) is 5.64. The van der Waals surface area contributed by atoms with Crippen LogP contribution in [0.15, 0.2) is 65.8 Å². The standard InChI is InChI=1S/C20H18FN3O2/c1-14-3-8-18(24(14)17-9-11-19(26-2)12-10-17)13-22-23-20(25)15-4-6-16(21)7-5-15/h3-13H,1-2H3,(H,23,25)/b22-13+. The summed E-state index contributed by atoms with van der Waals surface area (Å²) < 4.78 is 20.1. The second kappa shape index (κ2) is 7.65. The number of methoxy groups -OCH3 is 1. The summed E-state index contributed by atoms with van der Waals surface area (Å²) >= 11 is 0. The first kappa shape index (κ1) is 17.4. The summed E-state index contributed by atoms with van der Waals surface area (Å²) in [7, 11) is 1.62. The van der Waals surface area contributed by atoms with Crippen LogP contribution in [0.1, 0.15) is 21.7 Å². The molecule has 26 heavy (non-hydrogen) atoms. The lowest BCUT2D eigenvalue weighted by Gasteiger charge is -2.10. The Hall–Kier alpha value is -3.41. The number of halogens is 1. The fourth-order valence-electron chi connectivity index (χ4n) is 2.57. The van der Waals surface area contributed by atoms with Crippen molar-refractivity contribution in [2.24, 2.45) is 5.10 Å². The van der Waals surface area contributed by atoms with E-state index in [9.17, 15) is 9.18 Å². The Kier molecular flexibility index (Phi) is 5.12. The van der Waals surface area contributed by atoms with Crippen molar-refractivity contribution in [1.29, 1.82) is 0 Å². The maximum atomic E-state index is 12.9. The topological polar surface area (TPSA) is 55.6 Å². The Morgan fingerprint density at radius 3 is 2.42 bits per heavy atom. The minimum atomic E-state index is -0.402. The molecule has 0 bridgehead atoms. The van der Waals surface area contributed by atoms with E-state index in [0.29, 0.717) is 5.56 Å². The van der Waals surface area contributed by atoms with E-state index < -0.39 is 11.7 Å². The summed E-state index contributed by atoms with van der Waals surface area (Å²) in [6.45, 7) is 1.98. The normalized spacial score (nSPS) is 10.9. The molecule has 1 aromatic heterocycles. The lowest BCUT2D eigenvalue weighted by molar-refractivity contribution is 0.0955. The molecule has 0 fully saturated rings. The molecule has 0 aliphatic heterocycles. The van der Waals surface area contributed by atoms with Gasteiger partial charge in [0, 0.05) is 16.9 Å². The zero-order valence-corrected chi connectivity index (χ0v) is 14.4. The van der Waals surface area contributed by atoms with Crippen LogP contribution in [0, 0.1) is 12.7 Å². The van der Waals surface area contributed by atoms with Crippen LogP contribution in [-0.4, -0.2) is 23.8 Å². The number of hydrogen-bond donors (Lipinski definition) is 1. The Labute approximate surface area is 150 Å². The zero-order valence-electron chi connectivity index (χ0n) is 14.4. The van der Waals surface area contributed by atoms with Gasteiger partial charge in [-0.2, -0.15) is 5.10 Å². The lowest BCUT2D eigenvalue weighted by Crippen LogP contribution is -2.17. The van der Waals surface area contributed by atoms with Gasteiger partial charge in [0.2, 0.25) is 0 Å². The summed E-state index contributed by atoms with van der Waals surface area (Å²) in [4.78, 5) is 12.0. The summed E-state index contributed by atoms with van der Waals surface area (Å²) in [6, 6.07) is 16.8. The molecular weight excluding hydrogens is 333 g/mol. The van der Waals surface area contributed by atoms with Crippen LogP contribution in [-0.2, 0) is 0 Å². The van der Waals surface area contributed by atoms with Crippen LogP contribution in [0.4, 0.5) is 4.39 Å². The highest BCUT2D eigenvalue weighted by molar-refractivity contribution is 5.94. The number of benzene rings is 2. The number of ether oxygens (including phenoxy) is 1. The van der Waals surface area contributed by atoms with Crippen molar-refractivity contribution in [3.63, 3.8) is 0 Å². The number of nitrogens with one attached hydrogen (secondary N) is 1. The number of aryl methyl sites for hydroxylation is 1. The van der Waals surface area contributed by atoms with Gasteiger partial charge in [-0.25, -0.2) is 9.82 Å². The third-order valence-electron chi connectivity index (χ3n) is 3.91. The molecular formula is C20H18FN3O2. The molecule has 132 valence electrons. The minimum Gasteiger partial charge on any atom is -0.497 e. The molecule has 0 atom stereocenters. The number of hydrazone groups is 1. The minimum absolute atomic E-state index is 0.338. The molecule has 1 heterocycles. The number of carbonyl (C=O) groups is 1. The highest BCUT2D eigenvalue weighted by Crippen LogP contribution is 2.19.